The fourth-order valence-electron chi connectivity index (χ4n) is 1.67. The Morgan fingerprint density at radius 1 is 1.12 bits per heavy atom. The molecule has 1 aliphatic heterocycles. The lowest BCUT2D eigenvalue weighted by Gasteiger charge is -2.32. The Kier molecular flexibility index (Phi) is 2.71. The van der Waals surface area contributed by atoms with E-state index in [9.17, 15) is 5.11 Å². The van der Waals surface area contributed by atoms with E-state index in [1.54, 1.807) is 19.1 Å². The first-order chi connectivity index (χ1) is 7.73. The first-order valence-corrected chi connectivity index (χ1v) is 5.75. The predicted octanol–water partition coefficient (Wildman–Crippen LogP) is 1.39. The summed E-state index contributed by atoms with van der Waals surface area (Å²) >= 11 is 0. The molecule has 0 bridgehead atoms. The van der Waals surface area contributed by atoms with Crippen LogP contribution in [0.2, 0.25) is 0 Å². The number of aromatic nitrogens is 1. The zero-order valence-electron chi connectivity index (χ0n) is 10.9. The number of rotatable bonds is 1. The summed E-state index contributed by atoms with van der Waals surface area (Å²) in [6.07, 6.45) is 0. The van der Waals surface area contributed by atoms with Crippen molar-refractivity contribution in [3.05, 3.63) is 17.8 Å². The molecule has 0 radical (unpaired) electrons. The second-order valence-electron chi connectivity index (χ2n) is 5.43. The Morgan fingerprint density at radius 2 is 1.65 bits per heavy atom. The standard InChI is InChI=1S/C12H18BNO3/c1-8-9(15)6-7-10(14-8)13-16-11(2,3)12(4,5)17-13/h6-7,15H,1-5H3. The molecule has 5 heteroatoms. The van der Waals surface area contributed by atoms with Crippen molar-refractivity contribution in [3.8, 4) is 5.75 Å². The second kappa shape index (κ2) is 3.72. The summed E-state index contributed by atoms with van der Waals surface area (Å²) < 4.78 is 11.8. The number of aromatic hydroxyl groups is 1. The summed E-state index contributed by atoms with van der Waals surface area (Å²) in [6.45, 7) is 9.76. The number of pyridine rings is 1. The minimum absolute atomic E-state index is 0.185. The van der Waals surface area contributed by atoms with Gasteiger partial charge in [0.1, 0.15) is 5.75 Å². The zero-order valence-corrected chi connectivity index (χ0v) is 10.9. The van der Waals surface area contributed by atoms with E-state index in [1.807, 2.05) is 27.7 Å². The molecule has 0 spiro atoms. The fourth-order valence-corrected chi connectivity index (χ4v) is 1.67. The van der Waals surface area contributed by atoms with Gasteiger partial charge in [-0.05, 0) is 46.8 Å². The lowest BCUT2D eigenvalue weighted by atomic mass is 9.84. The van der Waals surface area contributed by atoms with Crippen LogP contribution in [0.15, 0.2) is 12.1 Å². The van der Waals surface area contributed by atoms with Crippen molar-refractivity contribution in [1.82, 2.24) is 4.98 Å². The van der Waals surface area contributed by atoms with Crippen molar-refractivity contribution >= 4 is 12.7 Å². The Balaban J connectivity index is 2.29. The average molecular weight is 235 g/mol. The van der Waals surface area contributed by atoms with Gasteiger partial charge in [-0.3, -0.25) is 4.98 Å². The maximum atomic E-state index is 9.45. The molecule has 0 aliphatic carbocycles. The maximum absolute atomic E-state index is 9.45. The maximum Gasteiger partial charge on any atom is 0.514 e. The molecule has 0 atom stereocenters. The highest BCUT2D eigenvalue weighted by Gasteiger charge is 2.52. The minimum atomic E-state index is -0.473. The Labute approximate surface area is 102 Å². The molecule has 0 unspecified atom stereocenters. The van der Waals surface area contributed by atoms with Crippen molar-refractivity contribution in [2.75, 3.05) is 0 Å². The van der Waals surface area contributed by atoms with E-state index < -0.39 is 7.12 Å². The van der Waals surface area contributed by atoms with Gasteiger partial charge in [0, 0.05) is 0 Å². The minimum Gasteiger partial charge on any atom is -0.506 e. The summed E-state index contributed by atoms with van der Waals surface area (Å²) in [5.74, 6) is 0.185. The molecule has 4 nitrogen and oxygen atoms in total. The molecule has 92 valence electrons. The molecule has 1 aliphatic rings. The van der Waals surface area contributed by atoms with Crippen LogP contribution in [0.25, 0.3) is 0 Å². The average Bonchev–Trinajstić information content (AvgIpc) is 2.41. The molecule has 1 aromatic heterocycles. The van der Waals surface area contributed by atoms with E-state index in [0.29, 0.717) is 11.3 Å². The zero-order chi connectivity index (χ0) is 12.8. The van der Waals surface area contributed by atoms with E-state index in [4.69, 9.17) is 9.31 Å². The molecule has 1 fully saturated rings. The van der Waals surface area contributed by atoms with Gasteiger partial charge >= 0.3 is 7.12 Å². The topological polar surface area (TPSA) is 51.6 Å². The number of aryl methyl sites for hydroxylation is 1. The van der Waals surface area contributed by atoms with E-state index in [-0.39, 0.29) is 17.0 Å². The lowest BCUT2D eigenvalue weighted by molar-refractivity contribution is 0.00578. The second-order valence-corrected chi connectivity index (χ2v) is 5.43. The van der Waals surface area contributed by atoms with Crippen LogP contribution in [0.5, 0.6) is 5.75 Å². The highest BCUT2D eigenvalue weighted by Crippen LogP contribution is 2.36. The van der Waals surface area contributed by atoms with Crippen molar-refractivity contribution < 1.29 is 14.4 Å². The first-order valence-electron chi connectivity index (χ1n) is 5.75. The van der Waals surface area contributed by atoms with Gasteiger partial charge in [-0.2, -0.15) is 0 Å². The van der Waals surface area contributed by atoms with Crippen LogP contribution >= 0.6 is 0 Å². The van der Waals surface area contributed by atoms with Gasteiger partial charge in [-0.1, -0.05) is 0 Å². The summed E-state index contributed by atoms with van der Waals surface area (Å²) in [5, 5.41) is 9.45. The molecule has 0 saturated carbocycles. The molecule has 2 heterocycles. The SMILES string of the molecule is Cc1nc(B2OC(C)(C)C(C)(C)O2)ccc1O. The van der Waals surface area contributed by atoms with Crippen LogP contribution in [-0.4, -0.2) is 28.4 Å². The molecular formula is C12H18BNO3. The van der Waals surface area contributed by atoms with E-state index in [1.165, 1.54) is 0 Å². The number of hydrogen-bond acceptors (Lipinski definition) is 4. The van der Waals surface area contributed by atoms with Gasteiger partial charge in [-0.15, -0.1) is 0 Å². The molecule has 0 amide bonds. The van der Waals surface area contributed by atoms with Gasteiger partial charge in [0.05, 0.1) is 22.5 Å². The Hall–Kier alpha value is -1.07. The van der Waals surface area contributed by atoms with Gasteiger partial charge in [0.15, 0.2) is 0 Å². The monoisotopic (exact) mass is 235 g/mol. The van der Waals surface area contributed by atoms with Crippen molar-refractivity contribution in [1.29, 1.82) is 0 Å². The van der Waals surface area contributed by atoms with Gasteiger partial charge in [-0.25, -0.2) is 0 Å². The van der Waals surface area contributed by atoms with E-state index in [2.05, 4.69) is 4.98 Å². The van der Waals surface area contributed by atoms with Crippen LogP contribution in [0, 0.1) is 6.92 Å². The largest absolute Gasteiger partial charge is 0.514 e. The highest BCUT2D eigenvalue weighted by atomic mass is 16.7. The van der Waals surface area contributed by atoms with Crippen molar-refractivity contribution in [2.45, 2.75) is 45.8 Å². The molecule has 1 N–H and O–H groups in total. The summed E-state index contributed by atoms with van der Waals surface area (Å²) in [7, 11) is -0.473. The normalized spacial score (nSPS) is 21.8. The molecule has 2 rings (SSSR count). The predicted molar refractivity (Wildman–Crippen MR) is 66.4 cm³/mol. The third-order valence-corrected chi connectivity index (χ3v) is 3.57. The summed E-state index contributed by atoms with van der Waals surface area (Å²) in [6, 6.07) is 3.34. The fraction of sp³-hybridized carbons (Fsp3) is 0.583. The smallest absolute Gasteiger partial charge is 0.506 e. The Bertz CT molecular complexity index is 429. The van der Waals surface area contributed by atoms with E-state index in [0.717, 1.165) is 0 Å². The molecule has 1 aromatic rings. The molecule has 1 saturated heterocycles. The third kappa shape index (κ3) is 2.05. The number of hydrogen-bond donors (Lipinski definition) is 1. The van der Waals surface area contributed by atoms with Crippen LogP contribution < -0.4 is 5.59 Å². The van der Waals surface area contributed by atoms with Crippen molar-refractivity contribution in [2.24, 2.45) is 0 Å². The summed E-state index contributed by atoms with van der Waals surface area (Å²) in [5.41, 5.74) is 0.534. The number of nitrogens with zero attached hydrogens (tertiary/aromatic N) is 1. The molecule has 0 aromatic carbocycles. The lowest BCUT2D eigenvalue weighted by Crippen LogP contribution is -2.41. The quantitative estimate of drug-likeness (QED) is 0.747. The molecule has 17 heavy (non-hydrogen) atoms. The molecular weight excluding hydrogens is 217 g/mol. The first kappa shape index (κ1) is 12.4. The van der Waals surface area contributed by atoms with Gasteiger partial charge in [0.2, 0.25) is 0 Å². The van der Waals surface area contributed by atoms with Gasteiger partial charge < -0.3 is 14.4 Å². The van der Waals surface area contributed by atoms with Gasteiger partial charge in [0.25, 0.3) is 0 Å². The van der Waals surface area contributed by atoms with Crippen LogP contribution in [0.1, 0.15) is 33.4 Å². The van der Waals surface area contributed by atoms with E-state index >= 15 is 0 Å². The van der Waals surface area contributed by atoms with Crippen molar-refractivity contribution in [3.63, 3.8) is 0 Å². The van der Waals surface area contributed by atoms with Crippen LogP contribution in [0.4, 0.5) is 0 Å². The van der Waals surface area contributed by atoms with Crippen LogP contribution in [0.3, 0.4) is 0 Å². The van der Waals surface area contributed by atoms with Crippen LogP contribution in [-0.2, 0) is 9.31 Å². The third-order valence-electron chi connectivity index (χ3n) is 3.57. The highest BCUT2D eigenvalue weighted by molar-refractivity contribution is 6.61. The summed E-state index contributed by atoms with van der Waals surface area (Å²) in [4.78, 5) is 4.29. The Morgan fingerprint density at radius 3 is 2.12 bits per heavy atom.